The number of rotatable bonds is 4. The molecule has 2 aliphatic heterocycles. The third-order valence-corrected chi connectivity index (χ3v) is 7.66. The Morgan fingerprint density at radius 1 is 1.21 bits per heavy atom. The van der Waals surface area contributed by atoms with E-state index in [2.05, 4.69) is 18.0 Å². The number of nitrogens with zero attached hydrogens (tertiary/aromatic N) is 3. The molecule has 1 spiro atoms. The second-order valence-electron chi connectivity index (χ2n) is 9.15. The molecule has 0 saturated carbocycles. The summed E-state index contributed by atoms with van der Waals surface area (Å²) in [6.45, 7) is 6.69. The summed E-state index contributed by atoms with van der Waals surface area (Å²) in [5, 5.41) is 0. The maximum Gasteiger partial charge on any atom is 0.266 e. The van der Waals surface area contributed by atoms with Crippen molar-refractivity contribution in [3.8, 4) is 5.75 Å². The first-order valence-electron chi connectivity index (χ1n) is 12.4. The smallest absolute Gasteiger partial charge is 0.266 e. The predicted molar refractivity (Wildman–Crippen MR) is 132 cm³/mol. The largest absolute Gasteiger partial charge is 0.491 e. The molecule has 3 heterocycles. The standard InChI is InChI=1S/C26H35N3O4S/c1-3-4-13-28-14-16-32-22-11-6-5-9-21(22)10-7-8-12-26(25(28)31)18-29(15-17-33-26)24(30)23-20(2)27-19-34-23/h5-6,9,11,19H,3-4,7-8,10,12-18H2,1-2H3. The number of carbonyl (C=O) groups excluding carboxylic acids is 2. The molecular weight excluding hydrogens is 450 g/mol. The summed E-state index contributed by atoms with van der Waals surface area (Å²) in [7, 11) is 0. The number of unbranched alkanes of at least 4 members (excludes halogenated alkanes) is 1. The van der Waals surface area contributed by atoms with Gasteiger partial charge in [-0.3, -0.25) is 9.59 Å². The van der Waals surface area contributed by atoms with Gasteiger partial charge in [0.15, 0.2) is 5.60 Å². The molecule has 0 N–H and O–H groups in total. The first-order valence-corrected chi connectivity index (χ1v) is 13.3. The molecule has 1 unspecified atom stereocenters. The van der Waals surface area contributed by atoms with Crippen molar-refractivity contribution in [3.63, 3.8) is 0 Å². The Bertz CT molecular complexity index is 994. The number of aromatic nitrogens is 1. The highest BCUT2D eigenvalue weighted by molar-refractivity contribution is 7.11. The molecule has 1 saturated heterocycles. The van der Waals surface area contributed by atoms with Crippen LogP contribution in [0.15, 0.2) is 29.8 Å². The van der Waals surface area contributed by atoms with Gasteiger partial charge < -0.3 is 19.3 Å². The summed E-state index contributed by atoms with van der Waals surface area (Å²) in [5.41, 5.74) is 2.62. The van der Waals surface area contributed by atoms with E-state index in [0.29, 0.717) is 44.1 Å². The first kappa shape index (κ1) is 24.7. The molecule has 1 aromatic heterocycles. The zero-order chi connectivity index (χ0) is 24.0. The average Bonchev–Trinajstić information content (AvgIpc) is 3.29. The second-order valence-corrected chi connectivity index (χ2v) is 10.0. The Morgan fingerprint density at radius 3 is 2.85 bits per heavy atom. The van der Waals surface area contributed by atoms with Gasteiger partial charge in [0.2, 0.25) is 0 Å². The molecule has 2 aliphatic rings. The van der Waals surface area contributed by atoms with Crippen molar-refractivity contribution in [1.82, 2.24) is 14.8 Å². The summed E-state index contributed by atoms with van der Waals surface area (Å²) in [5.74, 6) is 0.835. The van der Waals surface area contributed by atoms with Gasteiger partial charge in [0.1, 0.15) is 17.2 Å². The van der Waals surface area contributed by atoms with Gasteiger partial charge in [-0.05, 0) is 50.7 Å². The lowest BCUT2D eigenvalue weighted by Crippen LogP contribution is -2.62. The SMILES string of the molecule is CCCCN1CCOc2ccccc2CCCCC2(CN(C(=O)c3scnc3C)CCO2)C1=O. The molecule has 1 fully saturated rings. The van der Waals surface area contributed by atoms with E-state index >= 15 is 0 Å². The van der Waals surface area contributed by atoms with Gasteiger partial charge in [-0.1, -0.05) is 31.5 Å². The van der Waals surface area contributed by atoms with Crippen LogP contribution in [0.1, 0.15) is 60.0 Å². The van der Waals surface area contributed by atoms with Crippen LogP contribution in [0.2, 0.25) is 0 Å². The van der Waals surface area contributed by atoms with E-state index in [9.17, 15) is 9.59 Å². The van der Waals surface area contributed by atoms with E-state index in [1.165, 1.54) is 16.9 Å². The monoisotopic (exact) mass is 485 g/mol. The number of para-hydroxylation sites is 1. The molecule has 4 rings (SSSR count). The molecule has 1 aromatic carbocycles. The van der Waals surface area contributed by atoms with Crippen LogP contribution in [0.5, 0.6) is 5.75 Å². The Hall–Kier alpha value is -2.45. The number of carbonyl (C=O) groups is 2. The number of ether oxygens (including phenoxy) is 2. The van der Waals surface area contributed by atoms with Crippen molar-refractivity contribution in [1.29, 1.82) is 0 Å². The van der Waals surface area contributed by atoms with Crippen LogP contribution >= 0.6 is 11.3 Å². The normalized spacial score (nSPS) is 22.0. The molecule has 1 atom stereocenters. The molecule has 8 heteroatoms. The summed E-state index contributed by atoms with van der Waals surface area (Å²) < 4.78 is 12.4. The number of thiazole rings is 1. The summed E-state index contributed by atoms with van der Waals surface area (Å²) in [4.78, 5) is 35.8. The second kappa shape index (κ2) is 11.3. The third kappa shape index (κ3) is 5.44. The Kier molecular flexibility index (Phi) is 8.21. The zero-order valence-electron chi connectivity index (χ0n) is 20.3. The van der Waals surface area contributed by atoms with Crippen LogP contribution in [0, 0.1) is 6.92 Å². The molecule has 34 heavy (non-hydrogen) atoms. The predicted octanol–water partition coefficient (Wildman–Crippen LogP) is 4.10. The van der Waals surface area contributed by atoms with Gasteiger partial charge >= 0.3 is 0 Å². The average molecular weight is 486 g/mol. The quantitative estimate of drug-likeness (QED) is 0.652. The Morgan fingerprint density at radius 2 is 2.06 bits per heavy atom. The van der Waals surface area contributed by atoms with Gasteiger partial charge in [-0.15, -0.1) is 11.3 Å². The minimum atomic E-state index is -1.01. The van der Waals surface area contributed by atoms with Crippen LogP contribution in [0.3, 0.4) is 0 Å². The molecule has 2 aromatic rings. The number of benzene rings is 1. The number of morpholine rings is 1. The van der Waals surface area contributed by atoms with Crippen molar-refractivity contribution in [2.45, 2.75) is 58.0 Å². The van der Waals surface area contributed by atoms with Gasteiger partial charge in [-0.2, -0.15) is 0 Å². The van der Waals surface area contributed by atoms with Crippen molar-refractivity contribution < 1.29 is 19.1 Å². The minimum absolute atomic E-state index is 0.0167. The van der Waals surface area contributed by atoms with Crippen LogP contribution in [-0.4, -0.2) is 71.6 Å². The van der Waals surface area contributed by atoms with Crippen molar-refractivity contribution in [3.05, 3.63) is 45.9 Å². The maximum absolute atomic E-state index is 14.0. The number of aryl methyl sites for hydroxylation is 2. The molecule has 2 amide bonds. The van der Waals surface area contributed by atoms with Crippen LogP contribution in [-0.2, 0) is 16.0 Å². The minimum Gasteiger partial charge on any atom is -0.491 e. The molecule has 7 nitrogen and oxygen atoms in total. The molecule has 0 bridgehead atoms. The highest BCUT2D eigenvalue weighted by Crippen LogP contribution is 2.31. The van der Waals surface area contributed by atoms with Gasteiger partial charge in [-0.25, -0.2) is 4.98 Å². The van der Waals surface area contributed by atoms with E-state index in [1.54, 1.807) is 10.4 Å². The lowest BCUT2D eigenvalue weighted by Gasteiger charge is -2.44. The lowest BCUT2D eigenvalue weighted by molar-refractivity contribution is -0.170. The fourth-order valence-electron chi connectivity index (χ4n) is 4.79. The fourth-order valence-corrected chi connectivity index (χ4v) is 5.56. The van der Waals surface area contributed by atoms with E-state index in [4.69, 9.17) is 9.47 Å². The summed E-state index contributed by atoms with van der Waals surface area (Å²) in [6, 6.07) is 8.16. The number of amides is 2. The van der Waals surface area contributed by atoms with Crippen LogP contribution in [0.25, 0.3) is 0 Å². The highest BCUT2D eigenvalue weighted by atomic mass is 32.1. The topological polar surface area (TPSA) is 72.0 Å². The Balaban J connectivity index is 1.59. The van der Waals surface area contributed by atoms with E-state index in [1.807, 2.05) is 30.0 Å². The Labute approximate surface area is 206 Å². The maximum atomic E-state index is 14.0. The van der Waals surface area contributed by atoms with Crippen molar-refractivity contribution >= 4 is 23.2 Å². The highest BCUT2D eigenvalue weighted by Gasteiger charge is 2.47. The summed E-state index contributed by atoms with van der Waals surface area (Å²) >= 11 is 1.36. The van der Waals surface area contributed by atoms with Gasteiger partial charge in [0.25, 0.3) is 11.8 Å². The number of hydrogen-bond acceptors (Lipinski definition) is 6. The van der Waals surface area contributed by atoms with Crippen molar-refractivity contribution in [2.24, 2.45) is 0 Å². The van der Waals surface area contributed by atoms with Crippen molar-refractivity contribution in [2.75, 3.05) is 39.4 Å². The zero-order valence-corrected chi connectivity index (χ0v) is 21.1. The van der Waals surface area contributed by atoms with Gasteiger partial charge in [0.05, 0.1) is 30.9 Å². The molecular formula is C26H35N3O4S. The van der Waals surface area contributed by atoms with Gasteiger partial charge in [0, 0.05) is 13.1 Å². The molecule has 0 aliphatic carbocycles. The number of fused-ring (bicyclic) bond motifs is 1. The number of hydrogen-bond donors (Lipinski definition) is 0. The summed E-state index contributed by atoms with van der Waals surface area (Å²) in [6.07, 6.45) is 5.17. The fraction of sp³-hybridized carbons (Fsp3) is 0.577. The lowest BCUT2D eigenvalue weighted by atomic mass is 9.90. The van der Waals surface area contributed by atoms with E-state index < -0.39 is 5.60 Å². The van der Waals surface area contributed by atoms with Crippen LogP contribution in [0.4, 0.5) is 0 Å². The van der Waals surface area contributed by atoms with E-state index in [0.717, 1.165) is 43.5 Å². The molecule has 184 valence electrons. The first-order chi connectivity index (χ1) is 16.5. The molecule has 0 radical (unpaired) electrons. The van der Waals surface area contributed by atoms with E-state index in [-0.39, 0.29) is 18.4 Å². The third-order valence-electron chi connectivity index (χ3n) is 6.74. The van der Waals surface area contributed by atoms with Crippen LogP contribution < -0.4 is 4.74 Å².